The van der Waals surface area contributed by atoms with Crippen molar-refractivity contribution >= 4 is 28.4 Å². The van der Waals surface area contributed by atoms with Crippen LogP contribution < -0.4 is 5.32 Å². The lowest BCUT2D eigenvalue weighted by Gasteiger charge is -2.11. The summed E-state index contributed by atoms with van der Waals surface area (Å²) in [4.78, 5) is 19.8. The van der Waals surface area contributed by atoms with E-state index < -0.39 is 5.97 Å². The van der Waals surface area contributed by atoms with Gasteiger partial charge in [0.2, 0.25) is 0 Å². The van der Waals surface area contributed by atoms with Gasteiger partial charge in [-0.2, -0.15) is 0 Å². The summed E-state index contributed by atoms with van der Waals surface area (Å²) in [7, 11) is 0. The zero-order valence-corrected chi connectivity index (χ0v) is 12.3. The van der Waals surface area contributed by atoms with Gasteiger partial charge in [0.1, 0.15) is 0 Å². The molecule has 110 valence electrons. The number of aromatic nitrogens is 2. The Balaban J connectivity index is 2.01. The maximum Gasteiger partial charge on any atom is 0.335 e. The molecule has 2 aromatic heterocycles. The monoisotopic (exact) mass is 293 g/mol. The molecule has 0 fully saturated rings. The molecule has 0 aliphatic carbocycles. The highest BCUT2D eigenvalue weighted by atomic mass is 16.4. The average Bonchev–Trinajstić information content (AvgIpc) is 2.47. The fraction of sp³-hybridized carbons (Fsp3) is 0.118. The number of anilines is 2. The Hall–Kier alpha value is -2.95. The van der Waals surface area contributed by atoms with Crippen molar-refractivity contribution in [1.29, 1.82) is 0 Å². The second-order valence-corrected chi connectivity index (χ2v) is 5.14. The number of nitrogens with one attached hydrogen (secondary N) is 1. The number of hydrogen-bond donors (Lipinski definition) is 2. The Kier molecular flexibility index (Phi) is 3.47. The number of benzene rings is 1. The van der Waals surface area contributed by atoms with E-state index in [-0.39, 0.29) is 5.56 Å². The first kappa shape index (κ1) is 14.0. The largest absolute Gasteiger partial charge is 0.478 e. The third-order valence-corrected chi connectivity index (χ3v) is 3.35. The van der Waals surface area contributed by atoms with Gasteiger partial charge < -0.3 is 10.4 Å². The molecule has 3 aromatic rings. The predicted octanol–water partition coefficient (Wildman–Crippen LogP) is 3.69. The predicted molar refractivity (Wildman–Crippen MR) is 85.7 cm³/mol. The molecule has 0 radical (unpaired) electrons. The van der Waals surface area contributed by atoms with Crippen LogP contribution in [0.15, 0.2) is 42.5 Å². The van der Waals surface area contributed by atoms with Gasteiger partial charge in [0, 0.05) is 22.5 Å². The van der Waals surface area contributed by atoms with Crippen LogP contribution in [0.3, 0.4) is 0 Å². The van der Waals surface area contributed by atoms with Crippen LogP contribution in [0.4, 0.5) is 11.4 Å². The molecule has 5 nitrogen and oxygen atoms in total. The third kappa shape index (κ3) is 2.74. The van der Waals surface area contributed by atoms with Crippen molar-refractivity contribution in [2.24, 2.45) is 0 Å². The number of fused-ring (bicyclic) bond motifs is 1. The van der Waals surface area contributed by atoms with Gasteiger partial charge >= 0.3 is 5.97 Å². The summed E-state index contributed by atoms with van der Waals surface area (Å²) < 4.78 is 0. The summed E-state index contributed by atoms with van der Waals surface area (Å²) in [5.41, 5.74) is 4.47. The van der Waals surface area contributed by atoms with Crippen LogP contribution in [0, 0.1) is 13.8 Å². The Labute approximate surface area is 127 Å². The zero-order valence-electron chi connectivity index (χ0n) is 12.3. The SMILES string of the molecule is Cc1ccc2c(Nc3ccc(C(=O)O)cc3)cc(C)nc2n1. The summed E-state index contributed by atoms with van der Waals surface area (Å²) in [6.45, 7) is 3.85. The summed E-state index contributed by atoms with van der Waals surface area (Å²) >= 11 is 0. The fourth-order valence-corrected chi connectivity index (χ4v) is 2.28. The molecule has 2 N–H and O–H groups in total. The Morgan fingerprint density at radius 2 is 1.68 bits per heavy atom. The number of rotatable bonds is 3. The number of aromatic carboxylic acids is 1. The van der Waals surface area contributed by atoms with Crippen LogP contribution >= 0.6 is 0 Å². The number of pyridine rings is 2. The molecular formula is C17H15N3O2. The van der Waals surface area contributed by atoms with Crippen molar-refractivity contribution in [3.63, 3.8) is 0 Å². The van der Waals surface area contributed by atoms with E-state index in [9.17, 15) is 4.79 Å². The van der Waals surface area contributed by atoms with Crippen LogP contribution in [0.5, 0.6) is 0 Å². The second kappa shape index (κ2) is 5.44. The molecule has 3 rings (SSSR count). The first-order chi connectivity index (χ1) is 10.5. The van der Waals surface area contributed by atoms with Gasteiger partial charge in [0.15, 0.2) is 5.65 Å². The quantitative estimate of drug-likeness (QED) is 0.770. The molecule has 0 bridgehead atoms. The van der Waals surface area contributed by atoms with Gasteiger partial charge in [-0.05, 0) is 56.3 Å². The molecule has 1 aromatic carbocycles. The maximum absolute atomic E-state index is 10.9. The third-order valence-electron chi connectivity index (χ3n) is 3.35. The van der Waals surface area contributed by atoms with Crippen LogP contribution in [0.25, 0.3) is 11.0 Å². The topological polar surface area (TPSA) is 75.1 Å². The zero-order chi connectivity index (χ0) is 15.7. The summed E-state index contributed by atoms with van der Waals surface area (Å²) in [6.07, 6.45) is 0. The molecule has 0 aliphatic rings. The van der Waals surface area contributed by atoms with Crippen molar-refractivity contribution < 1.29 is 9.90 Å². The van der Waals surface area contributed by atoms with Crippen LogP contribution in [-0.4, -0.2) is 21.0 Å². The Morgan fingerprint density at radius 1 is 1.00 bits per heavy atom. The van der Waals surface area contributed by atoms with E-state index in [4.69, 9.17) is 5.11 Å². The molecule has 0 atom stereocenters. The highest BCUT2D eigenvalue weighted by Crippen LogP contribution is 2.26. The van der Waals surface area contributed by atoms with E-state index in [1.54, 1.807) is 24.3 Å². The molecule has 5 heteroatoms. The lowest BCUT2D eigenvalue weighted by molar-refractivity contribution is 0.0697. The molecule has 0 unspecified atom stereocenters. The van der Waals surface area contributed by atoms with E-state index in [1.165, 1.54) is 0 Å². The molecule has 2 heterocycles. The fourth-order valence-electron chi connectivity index (χ4n) is 2.28. The highest BCUT2D eigenvalue weighted by molar-refractivity contribution is 5.92. The number of aryl methyl sites for hydroxylation is 2. The molecule has 0 aliphatic heterocycles. The van der Waals surface area contributed by atoms with Crippen molar-refractivity contribution in [1.82, 2.24) is 9.97 Å². The van der Waals surface area contributed by atoms with Crippen molar-refractivity contribution in [3.8, 4) is 0 Å². The van der Waals surface area contributed by atoms with Gasteiger partial charge in [-0.15, -0.1) is 0 Å². The maximum atomic E-state index is 10.9. The van der Waals surface area contributed by atoms with Crippen LogP contribution in [0.1, 0.15) is 21.7 Å². The summed E-state index contributed by atoms with van der Waals surface area (Å²) in [5.74, 6) is -0.934. The molecule has 0 spiro atoms. The lowest BCUT2D eigenvalue weighted by Crippen LogP contribution is -1.98. The van der Waals surface area contributed by atoms with E-state index in [1.807, 2.05) is 32.0 Å². The van der Waals surface area contributed by atoms with Gasteiger partial charge in [0.25, 0.3) is 0 Å². The van der Waals surface area contributed by atoms with Gasteiger partial charge in [0.05, 0.1) is 11.3 Å². The number of carboxylic acid groups (broad SMARTS) is 1. The standard InChI is InChI=1S/C17H15N3O2/c1-10-3-8-14-15(9-11(2)19-16(14)18-10)20-13-6-4-12(5-7-13)17(21)22/h3-9H,1-2H3,(H,21,22)(H,18,19,20). The average molecular weight is 293 g/mol. The summed E-state index contributed by atoms with van der Waals surface area (Å²) in [5, 5.41) is 13.2. The van der Waals surface area contributed by atoms with Gasteiger partial charge in [-0.3, -0.25) is 0 Å². The smallest absolute Gasteiger partial charge is 0.335 e. The first-order valence-corrected chi connectivity index (χ1v) is 6.88. The van der Waals surface area contributed by atoms with E-state index in [2.05, 4.69) is 15.3 Å². The highest BCUT2D eigenvalue weighted by Gasteiger charge is 2.07. The minimum atomic E-state index is -0.934. The van der Waals surface area contributed by atoms with Crippen LogP contribution in [-0.2, 0) is 0 Å². The minimum absolute atomic E-state index is 0.263. The van der Waals surface area contributed by atoms with E-state index in [0.29, 0.717) is 5.65 Å². The minimum Gasteiger partial charge on any atom is -0.478 e. The lowest BCUT2D eigenvalue weighted by atomic mass is 10.1. The molecule has 22 heavy (non-hydrogen) atoms. The summed E-state index contributed by atoms with van der Waals surface area (Å²) in [6, 6.07) is 12.5. The number of hydrogen-bond acceptors (Lipinski definition) is 4. The molecule has 0 saturated carbocycles. The van der Waals surface area contributed by atoms with E-state index >= 15 is 0 Å². The normalized spacial score (nSPS) is 10.6. The van der Waals surface area contributed by atoms with Crippen molar-refractivity contribution in [2.45, 2.75) is 13.8 Å². The van der Waals surface area contributed by atoms with Gasteiger partial charge in [-0.25, -0.2) is 14.8 Å². The molecule has 0 saturated heterocycles. The van der Waals surface area contributed by atoms with Crippen LogP contribution in [0.2, 0.25) is 0 Å². The number of carboxylic acids is 1. The first-order valence-electron chi connectivity index (χ1n) is 6.88. The number of nitrogens with zero attached hydrogens (tertiary/aromatic N) is 2. The van der Waals surface area contributed by atoms with Crippen molar-refractivity contribution in [2.75, 3.05) is 5.32 Å². The Bertz CT molecular complexity index is 852. The number of carbonyl (C=O) groups is 1. The molecule has 0 amide bonds. The second-order valence-electron chi connectivity index (χ2n) is 5.14. The molecular weight excluding hydrogens is 278 g/mol. The van der Waals surface area contributed by atoms with Gasteiger partial charge in [-0.1, -0.05) is 0 Å². The Morgan fingerprint density at radius 3 is 2.36 bits per heavy atom. The van der Waals surface area contributed by atoms with E-state index in [0.717, 1.165) is 28.1 Å². The van der Waals surface area contributed by atoms with Crippen molar-refractivity contribution in [3.05, 3.63) is 59.4 Å².